The minimum absolute atomic E-state index is 0.256. The van der Waals surface area contributed by atoms with Crippen molar-refractivity contribution in [2.75, 3.05) is 33.9 Å². The molecule has 0 radical (unpaired) electrons. The van der Waals surface area contributed by atoms with Gasteiger partial charge in [-0.2, -0.15) is 0 Å². The van der Waals surface area contributed by atoms with Gasteiger partial charge in [0.05, 0.1) is 13.2 Å². The molecule has 0 heterocycles. The predicted molar refractivity (Wildman–Crippen MR) is 87.2 cm³/mol. The van der Waals surface area contributed by atoms with Crippen LogP contribution in [0.3, 0.4) is 0 Å². The van der Waals surface area contributed by atoms with Crippen molar-refractivity contribution in [3.8, 4) is 11.5 Å². The molecule has 5 heteroatoms. The number of hydrogen-bond donors (Lipinski definition) is 1. The third-order valence-corrected chi connectivity index (χ3v) is 3.27. The van der Waals surface area contributed by atoms with Gasteiger partial charge in [-0.1, -0.05) is 12.1 Å². The highest BCUT2D eigenvalue weighted by Crippen LogP contribution is 2.23. The van der Waals surface area contributed by atoms with Crippen LogP contribution >= 0.6 is 0 Å². The number of halogens is 1. The standard InChI is InChI=1S/C18H22FNO3/c1-20(2)11-12-22-13-18(21)14-3-7-16(8-4-14)23-17-9-5-15(19)6-10-17/h3-10,18,21H,11-13H2,1-2H3. The number of nitrogens with zero attached hydrogens (tertiary/aromatic N) is 1. The average Bonchev–Trinajstić information content (AvgIpc) is 2.54. The van der Waals surface area contributed by atoms with Gasteiger partial charge in [-0.25, -0.2) is 4.39 Å². The summed E-state index contributed by atoms with van der Waals surface area (Å²) >= 11 is 0. The summed E-state index contributed by atoms with van der Waals surface area (Å²) in [7, 11) is 3.94. The van der Waals surface area contributed by atoms with Gasteiger partial charge in [0.1, 0.15) is 23.4 Å². The first-order chi connectivity index (χ1) is 11.0. The van der Waals surface area contributed by atoms with Crippen LogP contribution in [0.1, 0.15) is 11.7 Å². The third kappa shape index (κ3) is 5.98. The summed E-state index contributed by atoms with van der Waals surface area (Å²) in [5, 5.41) is 10.1. The maximum Gasteiger partial charge on any atom is 0.127 e. The van der Waals surface area contributed by atoms with Crippen molar-refractivity contribution in [3.63, 3.8) is 0 Å². The Hall–Kier alpha value is -1.95. The van der Waals surface area contributed by atoms with E-state index in [1.54, 1.807) is 36.4 Å². The van der Waals surface area contributed by atoms with Gasteiger partial charge in [-0.05, 0) is 56.1 Å². The highest BCUT2D eigenvalue weighted by molar-refractivity contribution is 5.33. The molecular weight excluding hydrogens is 297 g/mol. The highest BCUT2D eigenvalue weighted by atomic mass is 19.1. The minimum Gasteiger partial charge on any atom is -0.457 e. The minimum atomic E-state index is -0.669. The monoisotopic (exact) mass is 319 g/mol. The summed E-state index contributed by atoms with van der Waals surface area (Å²) in [5.74, 6) is 0.887. The zero-order valence-corrected chi connectivity index (χ0v) is 13.4. The molecule has 1 N–H and O–H groups in total. The van der Waals surface area contributed by atoms with Crippen molar-refractivity contribution in [2.45, 2.75) is 6.10 Å². The van der Waals surface area contributed by atoms with Gasteiger partial charge in [-0.3, -0.25) is 0 Å². The normalized spacial score (nSPS) is 12.4. The Morgan fingerprint density at radius 3 is 2.13 bits per heavy atom. The summed E-state index contributed by atoms with van der Waals surface area (Å²) in [6.07, 6.45) is -0.669. The van der Waals surface area contributed by atoms with E-state index in [1.165, 1.54) is 12.1 Å². The van der Waals surface area contributed by atoms with Gasteiger partial charge < -0.3 is 19.5 Å². The highest BCUT2D eigenvalue weighted by Gasteiger charge is 2.08. The van der Waals surface area contributed by atoms with E-state index in [-0.39, 0.29) is 12.4 Å². The fraction of sp³-hybridized carbons (Fsp3) is 0.333. The first-order valence-electron chi connectivity index (χ1n) is 7.48. The molecule has 2 rings (SSSR count). The van der Waals surface area contributed by atoms with Crippen molar-refractivity contribution >= 4 is 0 Å². The van der Waals surface area contributed by atoms with Crippen LogP contribution in [0.4, 0.5) is 4.39 Å². The molecule has 23 heavy (non-hydrogen) atoms. The van der Waals surface area contributed by atoms with E-state index in [9.17, 15) is 9.50 Å². The Morgan fingerprint density at radius 1 is 1.00 bits per heavy atom. The maximum absolute atomic E-state index is 12.8. The van der Waals surface area contributed by atoms with E-state index in [4.69, 9.17) is 9.47 Å². The second kappa shape index (κ2) is 8.62. The van der Waals surface area contributed by atoms with Crippen LogP contribution in [0.25, 0.3) is 0 Å². The first-order valence-corrected chi connectivity index (χ1v) is 7.48. The quantitative estimate of drug-likeness (QED) is 0.759. The topological polar surface area (TPSA) is 41.9 Å². The van der Waals surface area contributed by atoms with Crippen LogP contribution in [0, 0.1) is 5.82 Å². The van der Waals surface area contributed by atoms with Crippen molar-refractivity contribution < 1.29 is 19.0 Å². The molecule has 1 unspecified atom stereocenters. The Kier molecular flexibility index (Phi) is 6.52. The lowest BCUT2D eigenvalue weighted by molar-refractivity contribution is 0.0306. The van der Waals surface area contributed by atoms with Gasteiger partial charge in [0.25, 0.3) is 0 Å². The van der Waals surface area contributed by atoms with Gasteiger partial charge in [-0.15, -0.1) is 0 Å². The third-order valence-electron chi connectivity index (χ3n) is 3.27. The summed E-state index contributed by atoms with van der Waals surface area (Å²) in [6, 6.07) is 12.9. The SMILES string of the molecule is CN(C)CCOCC(O)c1ccc(Oc2ccc(F)cc2)cc1. The fourth-order valence-corrected chi connectivity index (χ4v) is 1.94. The molecule has 4 nitrogen and oxygen atoms in total. The molecule has 0 aliphatic carbocycles. The van der Waals surface area contributed by atoms with Crippen molar-refractivity contribution in [2.24, 2.45) is 0 Å². The van der Waals surface area contributed by atoms with Crippen LogP contribution < -0.4 is 4.74 Å². The maximum atomic E-state index is 12.8. The Labute approximate surface area is 136 Å². The van der Waals surface area contributed by atoms with Crippen LogP contribution in [0.15, 0.2) is 48.5 Å². The van der Waals surface area contributed by atoms with Crippen molar-refractivity contribution in [3.05, 3.63) is 59.9 Å². The fourth-order valence-electron chi connectivity index (χ4n) is 1.94. The molecule has 2 aromatic carbocycles. The molecule has 0 bridgehead atoms. The van der Waals surface area contributed by atoms with Crippen molar-refractivity contribution in [1.82, 2.24) is 4.90 Å². The Balaban J connectivity index is 1.84. The van der Waals surface area contributed by atoms with Crippen LogP contribution in [0.5, 0.6) is 11.5 Å². The zero-order valence-electron chi connectivity index (χ0n) is 13.4. The number of hydrogen-bond acceptors (Lipinski definition) is 4. The molecule has 1 atom stereocenters. The lowest BCUT2D eigenvalue weighted by atomic mass is 10.1. The van der Waals surface area contributed by atoms with Gasteiger partial charge >= 0.3 is 0 Å². The Morgan fingerprint density at radius 2 is 1.57 bits per heavy atom. The smallest absolute Gasteiger partial charge is 0.127 e. The molecular formula is C18H22FNO3. The number of ether oxygens (including phenoxy) is 2. The molecule has 0 saturated heterocycles. The number of aliphatic hydroxyl groups excluding tert-OH is 1. The molecule has 124 valence electrons. The molecule has 0 saturated carbocycles. The average molecular weight is 319 g/mol. The zero-order chi connectivity index (χ0) is 16.7. The molecule has 0 spiro atoms. The van der Waals surface area contributed by atoms with Gasteiger partial charge in [0.2, 0.25) is 0 Å². The lowest BCUT2D eigenvalue weighted by Crippen LogP contribution is -2.19. The summed E-state index contributed by atoms with van der Waals surface area (Å²) in [4.78, 5) is 2.02. The van der Waals surface area contributed by atoms with Crippen LogP contribution in [-0.4, -0.2) is 43.9 Å². The van der Waals surface area contributed by atoms with E-state index in [1.807, 2.05) is 19.0 Å². The summed E-state index contributed by atoms with van der Waals surface area (Å²) in [6.45, 7) is 1.65. The van der Waals surface area contributed by atoms with Crippen LogP contribution in [0.2, 0.25) is 0 Å². The van der Waals surface area contributed by atoms with Crippen molar-refractivity contribution in [1.29, 1.82) is 0 Å². The van der Waals surface area contributed by atoms with E-state index >= 15 is 0 Å². The number of benzene rings is 2. The van der Waals surface area contributed by atoms with Gasteiger partial charge in [0, 0.05) is 6.54 Å². The molecule has 0 aliphatic heterocycles. The summed E-state index contributed by atoms with van der Waals surface area (Å²) < 4.78 is 23.9. The largest absolute Gasteiger partial charge is 0.457 e. The predicted octanol–water partition coefficient (Wildman–Crippen LogP) is 3.23. The van der Waals surface area contributed by atoms with Gasteiger partial charge in [0.15, 0.2) is 0 Å². The van der Waals surface area contributed by atoms with E-state index in [2.05, 4.69) is 0 Å². The number of rotatable bonds is 8. The van der Waals surface area contributed by atoms with E-state index < -0.39 is 6.10 Å². The summed E-state index contributed by atoms with van der Waals surface area (Å²) in [5.41, 5.74) is 0.765. The van der Waals surface area contributed by atoms with E-state index in [0.29, 0.717) is 18.1 Å². The second-order valence-corrected chi connectivity index (χ2v) is 5.52. The van der Waals surface area contributed by atoms with E-state index in [0.717, 1.165) is 12.1 Å². The molecule has 0 aliphatic rings. The molecule has 2 aromatic rings. The molecule has 0 fully saturated rings. The number of likely N-dealkylation sites (N-methyl/N-ethyl adjacent to an activating group) is 1. The lowest BCUT2D eigenvalue weighted by Gasteiger charge is -2.14. The van der Waals surface area contributed by atoms with Crippen LogP contribution in [-0.2, 0) is 4.74 Å². The first kappa shape index (κ1) is 17.4. The molecule has 0 aromatic heterocycles. The second-order valence-electron chi connectivity index (χ2n) is 5.52. The number of aliphatic hydroxyl groups is 1. The Bertz CT molecular complexity index is 584. The molecule has 0 amide bonds.